The first kappa shape index (κ1) is 15.3. The Hall–Kier alpha value is -1.10. The molecular formula is C15H21ClN2O2. The quantitative estimate of drug-likeness (QED) is 0.845. The lowest BCUT2D eigenvalue weighted by Crippen LogP contribution is -2.36. The molecule has 1 aliphatic rings. The highest BCUT2D eigenvalue weighted by Gasteiger charge is 2.27. The van der Waals surface area contributed by atoms with Gasteiger partial charge in [0.25, 0.3) is 0 Å². The summed E-state index contributed by atoms with van der Waals surface area (Å²) in [5.41, 5.74) is 1.25. The third kappa shape index (κ3) is 4.20. The van der Waals surface area contributed by atoms with Gasteiger partial charge in [0.05, 0.1) is 0 Å². The van der Waals surface area contributed by atoms with Gasteiger partial charge in [0, 0.05) is 18.1 Å². The number of likely N-dealkylation sites (tertiary alicyclic amines) is 1. The number of nitrogens with one attached hydrogen (secondary N) is 1. The summed E-state index contributed by atoms with van der Waals surface area (Å²) in [4.78, 5) is 13.4. The summed E-state index contributed by atoms with van der Waals surface area (Å²) in [6, 6.07) is 7.47. The first-order chi connectivity index (χ1) is 9.58. The van der Waals surface area contributed by atoms with Crippen LogP contribution in [0.4, 0.5) is 0 Å². The minimum atomic E-state index is -0.761. The number of benzene rings is 1. The highest BCUT2D eigenvalue weighted by molar-refractivity contribution is 6.30. The van der Waals surface area contributed by atoms with E-state index in [0.717, 1.165) is 31.1 Å². The van der Waals surface area contributed by atoms with Gasteiger partial charge in [0.15, 0.2) is 0 Å². The zero-order valence-corrected chi connectivity index (χ0v) is 12.4. The Morgan fingerprint density at radius 1 is 1.50 bits per heavy atom. The number of hydrogen-bond donors (Lipinski definition) is 2. The number of carboxylic acids is 1. The van der Waals surface area contributed by atoms with Gasteiger partial charge in [0.2, 0.25) is 0 Å². The SMILES string of the molecule is CNC(CC1CCN(Cc2ccc(Cl)cc2)C1)C(=O)O. The van der Waals surface area contributed by atoms with Crippen molar-refractivity contribution < 1.29 is 9.90 Å². The van der Waals surface area contributed by atoms with E-state index in [-0.39, 0.29) is 0 Å². The number of hydrogen-bond acceptors (Lipinski definition) is 3. The minimum Gasteiger partial charge on any atom is -0.480 e. The fourth-order valence-corrected chi connectivity index (χ4v) is 2.90. The summed E-state index contributed by atoms with van der Waals surface area (Å²) in [6.45, 7) is 2.91. The van der Waals surface area contributed by atoms with Crippen molar-refractivity contribution in [1.82, 2.24) is 10.2 Å². The minimum absolute atomic E-state index is 0.435. The van der Waals surface area contributed by atoms with Crippen molar-refractivity contribution in [3.05, 3.63) is 34.9 Å². The lowest BCUT2D eigenvalue weighted by molar-refractivity contribution is -0.139. The molecule has 0 aliphatic carbocycles. The van der Waals surface area contributed by atoms with Crippen LogP contribution in [0.3, 0.4) is 0 Å². The molecule has 2 atom stereocenters. The third-order valence-electron chi connectivity index (χ3n) is 3.91. The van der Waals surface area contributed by atoms with E-state index < -0.39 is 12.0 Å². The summed E-state index contributed by atoms with van der Waals surface area (Å²) >= 11 is 5.88. The van der Waals surface area contributed by atoms with E-state index in [4.69, 9.17) is 16.7 Å². The summed E-state index contributed by atoms with van der Waals surface area (Å²) in [5, 5.41) is 12.7. The lowest BCUT2D eigenvalue weighted by Gasteiger charge is -2.18. The molecule has 1 aromatic carbocycles. The molecule has 1 fully saturated rings. The molecule has 1 aromatic rings. The second-order valence-electron chi connectivity index (χ2n) is 5.43. The Kier molecular flexibility index (Phi) is 5.40. The van der Waals surface area contributed by atoms with E-state index in [9.17, 15) is 4.79 Å². The average Bonchev–Trinajstić information content (AvgIpc) is 2.86. The molecule has 1 heterocycles. The van der Waals surface area contributed by atoms with Crippen molar-refractivity contribution in [3.8, 4) is 0 Å². The number of likely N-dealkylation sites (N-methyl/N-ethyl adjacent to an activating group) is 1. The monoisotopic (exact) mass is 296 g/mol. The van der Waals surface area contributed by atoms with E-state index in [1.807, 2.05) is 24.3 Å². The standard InChI is InChI=1S/C15H21ClN2O2/c1-17-14(15(19)20)8-12-6-7-18(10-12)9-11-2-4-13(16)5-3-11/h2-5,12,14,17H,6-10H2,1H3,(H,19,20). The zero-order chi connectivity index (χ0) is 14.5. The molecule has 2 rings (SSSR count). The van der Waals surface area contributed by atoms with E-state index in [1.165, 1.54) is 5.56 Å². The molecular weight excluding hydrogens is 276 g/mol. The van der Waals surface area contributed by atoms with Gasteiger partial charge < -0.3 is 10.4 Å². The summed E-state index contributed by atoms with van der Waals surface area (Å²) in [5.74, 6) is -0.306. The van der Waals surface area contributed by atoms with Crippen molar-refractivity contribution in [2.24, 2.45) is 5.92 Å². The number of carbonyl (C=O) groups is 1. The van der Waals surface area contributed by atoms with Crippen LogP contribution in [-0.2, 0) is 11.3 Å². The van der Waals surface area contributed by atoms with Gasteiger partial charge in [-0.1, -0.05) is 23.7 Å². The molecule has 20 heavy (non-hydrogen) atoms. The Bertz CT molecular complexity index is 450. The smallest absolute Gasteiger partial charge is 0.320 e. The molecule has 0 amide bonds. The number of rotatable bonds is 6. The van der Waals surface area contributed by atoms with Crippen molar-refractivity contribution in [2.75, 3.05) is 20.1 Å². The van der Waals surface area contributed by atoms with Gasteiger partial charge in [-0.15, -0.1) is 0 Å². The predicted octanol–water partition coefficient (Wildman–Crippen LogP) is 2.22. The maximum atomic E-state index is 11.0. The Balaban J connectivity index is 1.83. The maximum Gasteiger partial charge on any atom is 0.320 e. The average molecular weight is 297 g/mol. The van der Waals surface area contributed by atoms with Crippen molar-refractivity contribution >= 4 is 17.6 Å². The largest absolute Gasteiger partial charge is 0.480 e. The van der Waals surface area contributed by atoms with Crippen molar-refractivity contribution in [3.63, 3.8) is 0 Å². The topological polar surface area (TPSA) is 52.6 Å². The molecule has 5 heteroatoms. The number of carboxylic acid groups (broad SMARTS) is 1. The predicted molar refractivity (Wildman–Crippen MR) is 79.9 cm³/mol. The fourth-order valence-electron chi connectivity index (χ4n) is 2.77. The van der Waals surface area contributed by atoms with Gasteiger partial charge >= 0.3 is 5.97 Å². The first-order valence-electron chi connectivity index (χ1n) is 6.95. The van der Waals surface area contributed by atoms with Crippen LogP contribution in [0, 0.1) is 5.92 Å². The normalized spacial score (nSPS) is 21.0. The molecule has 0 spiro atoms. The number of nitrogens with zero attached hydrogens (tertiary/aromatic N) is 1. The Morgan fingerprint density at radius 3 is 2.80 bits per heavy atom. The van der Waals surface area contributed by atoms with E-state index in [2.05, 4.69) is 10.2 Å². The fraction of sp³-hybridized carbons (Fsp3) is 0.533. The van der Waals surface area contributed by atoms with Gasteiger partial charge in [0.1, 0.15) is 6.04 Å². The van der Waals surface area contributed by atoms with E-state index in [0.29, 0.717) is 12.3 Å². The molecule has 0 radical (unpaired) electrons. The van der Waals surface area contributed by atoms with Crippen LogP contribution >= 0.6 is 11.6 Å². The second kappa shape index (κ2) is 7.07. The van der Waals surface area contributed by atoms with Crippen LogP contribution < -0.4 is 5.32 Å². The van der Waals surface area contributed by atoms with Crippen LogP contribution in [0.5, 0.6) is 0 Å². The van der Waals surface area contributed by atoms with E-state index in [1.54, 1.807) is 7.05 Å². The highest BCUT2D eigenvalue weighted by Crippen LogP contribution is 2.23. The third-order valence-corrected chi connectivity index (χ3v) is 4.16. The maximum absolute atomic E-state index is 11.0. The highest BCUT2D eigenvalue weighted by atomic mass is 35.5. The van der Waals surface area contributed by atoms with Crippen LogP contribution in [0.25, 0.3) is 0 Å². The van der Waals surface area contributed by atoms with Crippen molar-refractivity contribution in [1.29, 1.82) is 0 Å². The first-order valence-corrected chi connectivity index (χ1v) is 7.33. The molecule has 110 valence electrons. The second-order valence-corrected chi connectivity index (χ2v) is 5.87. The molecule has 1 aliphatic heterocycles. The molecule has 2 N–H and O–H groups in total. The lowest BCUT2D eigenvalue weighted by atomic mass is 9.99. The van der Waals surface area contributed by atoms with Crippen molar-refractivity contribution in [2.45, 2.75) is 25.4 Å². The van der Waals surface area contributed by atoms with Gasteiger partial charge in [-0.2, -0.15) is 0 Å². The number of aliphatic carboxylic acids is 1. The molecule has 1 saturated heterocycles. The molecule has 4 nitrogen and oxygen atoms in total. The van der Waals surface area contributed by atoms with Gasteiger partial charge in [-0.3, -0.25) is 9.69 Å². The summed E-state index contributed by atoms with van der Waals surface area (Å²) < 4.78 is 0. The molecule has 0 aromatic heterocycles. The van der Waals surface area contributed by atoms with Crippen LogP contribution in [0.2, 0.25) is 5.02 Å². The molecule has 2 unspecified atom stereocenters. The van der Waals surface area contributed by atoms with Crippen LogP contribution in [0.1, 0.15) is 18.4 Å². The number of halogens is 1. The Morgan fingerprint density at radius 2 is 2.20 bits per heavy atom. The molecule has 0 saturated carbocycles. The van der Waals surface area contributed by atoms with Crippen LogP contribution in [0.15, 0.2) is 24.3 Å². The van der Waals surface area contributed by atoms with Crippen LogP contribution in [-0.4, -0.2) is 42.2 Å². The summed E-state index contributed by atoms with van der Waals surface area (Å²) in [7, 11) is 1.71. The summed E-state index contributed by atoms with van der Waals surface area (Å²) in [6.07, 6.45) is 1.77. The zero-order valence-electron chi connectivity index (χ0n) is 11.7. The van der Waals surface area contributed by atoms with Gasteiger partial charge in [-0.05, 0) is 50.0 Å². The Labute approximate surface area is 124 Å². The van der Waals surface area contributed by atoms with Gasteiger partial charge in [-0.25, -0.2) is 0 Å². The molecule has 0 bridgehead atoms. The van der Waals surface area contributed by atoms with E-state index >= 15 is 0 Å².